The maximum Gasteiger partial charge on any atom is 0.410 e. The first kappa shape index (κ1) is 16.7. The van der Waals surface area contributed by atoms with Crippen molar-refractivity contribution in [1.29, 1.82) is 0 Å². The molecule has 0 aromatic heterocycles. The van der Waals surface area contributed by atoms with Gasteiger partial charge in [-0.3, -0.25) is 0 Å². The van der Waals surface area contributed by atoms with Crippen molar-refractivity contribution in [2.24, 2.45) is 0 Å². The van der Waals surface area contributed by atoms with Crippen molar-refractivity contribution >= 4 is 6.09 Å². The standard InChI is InChI=1S/C16H23NO5/c1-20-14-10-17(9-8-16(14,12-18)21-2)15(19)22-11-13-6-4-3-5-7-13/h3-7,14,18H,8-12H2,1-2H3/t14-,16-/m1/s1. The second-order valence-corrected chi connectivity index (χ2v) is 5.39. The van der Waals surface area contributed by atoms with Crippen LogP contribution in [0.2, 0.25) is 0 Å². The zero-order valence-corrected chi connectivity index (χ0v) is 13.0. The Hall–Kier alpha value is -1.63. The molecule has 2 atom stereocenters. The van der Waals surface area contributed by atoms with Gasteiger partial charge in [0, 0.05) is 20.8 Å². The second-order valence-electron chi connectivity index (χ2n) is 5.39. The molecule has 0 radical (unpaired) electrons. The SMILES string of the molecule is CO[C@@H]1CN(C(=O)OCc2ccccc2)CC[C@]1(CO)OC. The number of methoxy groups -OCH3 is 2. The molecule has 1 aromatic carbocycles. The Morgan fingerprint density at radius 3 is 2.68 bits per heavy atom. The molecule has 0 unspecified atom stereocenters. The van der Waals surface area contributed by atoms with E-state index in [4.69, 9.17) is 14.2 Å². The normalized spacial score (nSPS) is 25.0. The van der Waals surface area contributed by atoms with Gasteiger partial charge in [0.15, 0.2) is 0 Å². The smallest absolute Gasteiger partial charge is 0.410 e. The minimum atomic E-state index is -0.759. The minimum absolute atomic E-state index is 0.144. The fraction of sp³-hybridized carbons (Fsp3) is 0.562. The van der Waals surface area contributed by atoms with E-state index >= 15 is 0 Å². The maximum absolute atomic E-state index is 12.2. The van der Waals surface area contributed by atoms with E-state index in [2.05, 4.69) is 0 Å². The molecule has 1 heterocycles. The molecule has 6 heteroatoms. The van der Waals surface area contributed by atoms with E-state index < -0.39 is 5.60 Å². The van der Waals surface area contributed by atoms with Crippen molar-refractivity contribution in [3.05, 3.63) is 35.9 Å². The van der Waals surface area contributed by atoms with Crippen molar-refractivity contribution < 1.29 is 24.1 Å². The highest BCUT2D eigenvalue weighted by atomic mass is 16.6. The third kappa shape index (κ3) is 3.58. The lowest BCUT2D eigenvalue weighted by Gasteiger charge is -2.44. The quantitative estimate of drug-likeness (QED) is 0.891. The fourth-order valence-electron chi connectivity index (χ4n) is 2.69. The third-order valence-electron chi connectivity index (χ3n) is 4.20. The highest BCUT2D eigenvalue weighted by Gasteiger charge is 2.45. The van der Waals surface area contributed by atoms with Crippen molar-refractivity contribution in [1.82, 2.24) is 4.90 Å². The van der Waals surface area contributed by atoms with Crippen LogP contribution in [0, 0.1) is 0 Å². The largest absolute Gasteiger partial charge is 0.445 e. The number of nitrogens with zero attached hydrogens (tertiary/aromatic N) is 1. The summed E-state index contributed by atoms with van der Waals surface area (Å²) >= 11 is 0. The Kier molecular flexibility index (Phi) is 5.76. The molecular formula is C16H23NO5. The average Bonchev–Trinajstić information content (AvgIpc) is 2.59. The number of piperidine rings is 1. The Morgan fingerprint density at radius 2 is 2.09 bits per heavy atom. The highest BCUT2D eigenvalue weighted by Crippen LogP contribution is 2.28. The summed E-state index contributed by atoms with van der Waals surface area (Å²) in [5, 5.41) is 9.58. The summed E-state index contributed by atoms with van der Waals surface area (Å²) in [5.41, 5.74) is 0.183. The lowest BCUT2D eigenvalue weighted by atomic mass is 9.89. The van der Waals surface area contributed by atoms with Crippen LogP contribution in [0.5, 0.6) is 0 Å². The molecule has 1 aliphatic rings. The zero-order chi connectivity index (χ0) is 16.0. The molecule has 0 bridgehead atoms. The van der Waals surface area contributed by atoms with Crippen LogP contribution in [0.25, 0.3) is 0 Å². The van der Waals surface area contributed by atoms with Crippen LogP contribution in [-0.4, -0.2) is 61.7 Å². The second kappa shape index (κ2) is 7.58. The van der Waals surface area contributed by atoms with Gasteiger partial charge in [-0.1, -0.05) is 30.3 Å². The number of rotatable bonds is 5. The Labute approximate surface area is 130 Å². The molecule has 122 valence electrons. The molecule has 0 saturated carbocycles. The summed E-state index contributed by atoms with van der Waals surface area (Å²) in [6.45, 7) is 0.887. The summed E-state index contributed by atoms with van der Waals surface area (Å²) in [4.78, 5) is 13.8. The molecule has 0 spiro atoms. The lowest BCUT2D eigenvalue weighted by molar-refractivity contribution is -0.168. The molecular weight excluding hydrogens is 286 g/mol. The van der Waals surface area contributed by atoms with Gasteiger partial charge in [-0.2, -0.15) is 0 Å². The number of hydrogen-bond acceptors (Lipinski definition) is 5. The van der Waals surface area contributed by atoms with Gasteiger partial charge in [0.05, 0.1) is 13.2 Å². The van der Waals surface area contributed by atoms with E-state index in [-0.39, 0.29) is 25.4 Å². The van der Waals surface area contributed by atoms with E-state index in [1.54, 1.807) is 19.1 Å². The summed E-state index contributed by atoms with van der Waals surface area (Å²) in [5.74, 6) is 0. The van der Waals surface area contributed by atoms with Crippen molar-refractivity contribution in [3.63, 3.8) is 0 Å². The molecule has 6 nitrogen and oxygen atoms in total. The van der Waals surface area contributed by atoms with Gasteiger partial charge in [-0.15, -0.1) is 0 Å². The molecule has 22 heavy (non-hydrogen) atoms. The van der Waals surface area contributed by atoms with E-state index in [1.165, 1.54) is 0 Å². The summed E-state index contributed by atoms with van der Waals surface area (Å²) in [7, 11) is 3.10. The van der Waals surface area contributed by atoms with Gasteiger partial charge in [-0.25, -0.2) is 4.79 Å². The third-order valence-corrected chi connectivity index (χ3v) is 4.20. The monoisotopic (exact) mass is 309 g/mol. The van der Waals surface area contributed by atoms with E-state index in [1.807, 2.05) is 30.3 Å². The molecule has 1 aliphatic heterocycles. The molecule has 1 amide bonds. The van der Waals surface area contributed by atoms with Gasteiger partial charge in [0.25, 0.3) is 0 Å². The number of aliphatic hydroxyl groups is 1. The molecule has 1 fully saturated rings. The van der Waals surface area contributed by atoms with Crippen molar-refractivity contribution in [2.45, 2.75) is 24.7 Å². The van der Waals surface area contributed by atoms with Crippen LogP contribution in [0.15, 0.2) is 30.3 Å². The average molecular weight is 309 g/mol. The first-order valence-electron chi connectivity index (χ1n) is 7.29. The minimum Gasteiger partial charge on any atom is -0.445 e. The maximum atomic E-state index is 12.2. The van der Waals surface area contributed by atoms with Gasteiger partial charge < -0.3 is 24.2 Å². The van der Waals surface area contributed by atoms with E-state index in [0.717, 1.165) is 5.56 Å². The fourth-order valence-corrected chi connectivity index (χ4v) is 2.69. The van der Waals surface area contributed by atoms with Crippen molar-refractivity contribution in [2.75, 3.05) is 33.9 Å². The van der Waals surface area contributed by atoms with Gasteiger partial charge >= 0.3 is 6.09 Å². The molecule has 0 aliphatic carbocycles. The zero-order valence-electron chi connectivity index (χ0n) is 13.0. The van der Waals surface area contributed by atoms with Crippen LogP contribution in [0.1, 0.15) is 12.0 Å². The van der Waals surface area contributed by atoms with Crippen LogP contribution >= 0.6 is 0 Å². The number of carbonyl (C=O) groups is 1. The van der Waals surface area contributed by atoms with E-state index in [9.17, 15) is 9.90 Å². The van der Waals surface area contributed by atoms with Crippen LogP contribution in [-0.2, 0) is 20.8 Å². The first-order valence-corrected chi connectivity index (χ1v) is 7.29. The van der Waals surface area contributed by atoms with Crippen molar-refractivity contribution in [3.8, 4) is 0 Å². The van der Waals surface area contributed by atoms with Gasteiger partial charge in [0.2, 0.25) is 0 Å². The molecule has 1 N–H and O–H groups in total. The molecule has 1 aromatic rings. The Morgan fingerprint density at radius 1 is 1.36 bits per heavy atom. The van der Waals surface area contributed by atoms with Crippen LogP contribution < -0.4 is 0 Å². The topological polar surface area (TPSA) is 68.2 Å². The number of benzene rings is 1. The molecule has 2 rings (SSSR count). The summed E-state index contributed by atoms with van der Waals surface area (Å²) in [6, 6.07) is 9.53. The highest BCUT2D eigenvalue weighted by molar-refractivity contribution is 5.68. The number of carbonyl (C=O) groups excluding carboxylic acids is 1. The number of aliphatic hydroxyl groups excluding tert-OH is 1. The Balaban J connectivity index is 1.92. The van der Waals surface area contributed by atoms with Crippen LogP contribution in [0.4, 0.5) is 4.79 Å². The molecule has 1 saturated heterocycles. The van der Waals surface area contributed by atoms with Gasteiger partial charge in [-0.05, 0) is 12.0 Å². The predicted molar refractivity (Wildman–Crippen MR) is 80.4 cm³/mol. The Bertz CT molecular complexity index is 475. The number of ether oxygens (including phenoxy) is 3. The van der Waals surface area contributed by atoms with Crippen LogP contribution in [0.3, 0.4) is 0 Å². The summed E-state index contributed by atoms with van der Waals surface area (Å²) in [6.07, 6.45) is -0.270. The number of likely N-dealkylation sites (tertiary alicyclic amines) is 1. The number of amides is 1. The van der Waals surface area contributed by atoms with E-state index in [0.29, 0.717) is 19.5 Å². The predicted octanol–water partition coefficient (Wildman–Crippen LogP) is 1.42. The number of hydrogen-bond donors (Lipinski definition) is 1. The van der Waals surface area contributed by atoms with Gasteiger partial charge in [0.1, 0.15) is 18.3 Å². The first-order chi connectivity index (χ1) is 10.6. The summed E-state index contributed by atoms with van der Waals surface area (Å²) < 4.78 is 16.2. The lowest BCUT2D eigenvalue weighted by Crippen LogP contribution is -2.60.